The van der Waals surface area contributed by atoms with E-state index in [1.54, 1.807) is 12.1 Å². The molecular weight excluding hydrogens is 178 g/mol. The molecule has 0 N–H and O–H groups in total. The first kappa shape index (κ1) is 10.5. The maximum absolute atomic E-state index is 2.88. The van der Waals surface area contributed by atoms with Crippen LogP contribution in [0.15, 0.2) is 0 Å². The number of nitrogens with zero attached hydrogens (tertiary/aromatic N) is 1. The number of rotatable bonds is 2. The number of hydrogen-bond acceptors (Lipinski definition) is 1. The fourth-order valence-corrected chi connectivity index (χ4v) is 15.8. The van der Waals surface area contributed by atoms with Gasteiger partial charge < -0.3 is 4.23 Å². The highest BCUT2D eigenvalue weighted by atomic mass is 28.4. The first-order chi connectivity index (χ1) is 5.48. The molecule has 0 radical (unpaired) electrons. The zero-order chi connectivity index (χ0) is 9.41. The summed E-state index contributed by atoms with van der Waals surface area (Å²) in [6.07, 6.45) is 0. The SMILES string of the molecule is CC[Si]1(C)CC[Si](C)(CC)N1C. The van der Waals surface area contributed by atoms with Crippen molar-refractivity contribution in [3.05, 3.63) is 0 Å². The molecular formula is C9H23NSi2. The van der Waals surface area contributed by atoms with Gasteiger partial charge in [-0.15, -0.1) is 0 Å². The second-order valence-electron chi connectivity index (χ2n) is 4.76. The third-order valence-electron chi connectivity index (χ3n) is 4.34. The van der Waals surface area contributed by atoms with Gasteiger partial charge in [0.1, 0.15) is 16.5 Å². The molecule has 0 spiro atoms. The van der Waals surface area contributed by atoms with Crippen molar-refractivity contribution < 1.29 is 0 Å². The Kier molecular flexibility index (Phi) is 2.86. The first-order valence-corrected chi connectivity index (χ1v) is 10.9. The topological polar surface area (TPSA) is 3.24 Å². The molecule has 0 aromatic rings. The summed E-state index contributed by atoms with van der Waals surface area (Å²) >= 11 is 0. The monoisotopic (exact) mass is 201 g/mol. The van der Waals surface area contributed by atoms with E-state index in [4.69, 9.17) is 0 Å². The van der Waals surface area contributed by atoms with Gasteiger partial charge in [0.15, 0.2) is 0 Å². The van der Waals surface area contributed by atoms with Gasteiger partial charge in [-0.25, -0.2) is 0 Å². The lowest BCUT2D eigenvalue weighted by Crippen LogP contribution is -2.54. The summed E-state index contributed by atoms with van der Waals surface area (Å²) in [6, 6.07) is 6.03. The summed E-state index contributed by atoms with van der Waals surface area (Å²) in [7, 11) is 0.565. The maximum atomic E-state index is 2.88. The van der Waals surface area contributed by atoms with Gasteiger partial charge in [0, 0.05) is 0 Å². The fourth-order valence-electron chi connectivity index (χ4n) is 2.35. The molecule has 0 amide bonds. The Morgan fingerprint density at radius 1 is 1.00 bits per heavy atom. The highest BCUT2D eigenvalue weighted by Crippen LogP contribution is 2.39. The lowest BCUT2D eigenvalue weighted by atomic mass is 10.9. The van der Waals surface area contributed by atoms with Gasteiger partial charge in [0.05, 0.1) is 0 Å². The van der Waals surface area contributed by atoms with E-state index in [1.165, 1.54) is 12.1 Å². The Hall–Kier alpha value is 0.394. The van der Waals surface area contributed by atoms with E-state index in [2.05, 4.69) is 38.2 Å². The standard InChI is InChI=1S/C9H23NSi2/c1-6-11(4)8-9-12(5,7-2)10(11)3/h6-9H2,1-5H3. The van der Waals surface area contributed by atoms with Crippen LogP contribution in [0.1, 0.15) is 13.8 Å². The van der Waals surface area contributed by atoms with Crippen LogP contribution in [0.25, 0.3) is 0 Å². The molecule has 1 aliphatic rings. The van der Waals surface area contributed by atoms with Crippen molar-refractivity contribution in [3.8, 4) is 0 Å². The molecule has 1 heterocycles. The van der Waals surface area contributed by atoms with E-state index in [0.29, 0.717) is 0 Å². The van der Waals surface area contributed by atoms with E-state index in [-0.39, 0.29) is 0 Å². The predicted molar refractivity (Wildman–Crippen MR) is 61.6 cm³/mol. The van der Waals surface area contributed by atoms with Crippen LogP contribution in [0.4, 0.5) is 0 Å². The lowest BCUT2D eigenvalue weighted by Gasteiger charge is -2.38. The molecule has 0 aromatic heterocycles. The molecule has 2 unspecified atom stereocenters. The Morgan fingerprint density at radius 2 is 1.33 bits per heavy atom. The molecule has 1 aliphatic heterocycles. The summed E-state index contributed by atoms with van der Waals surface area (Å²) in [4.78, 5) is 0. The van der Waals surface area contributed by atoms with Crippen molar-refractivity contribution in [2.24, 2.45) is 0 Å². The van der Waals surface area contributed by atoms with E-state index in [9.17, 15) is 0 Å². The molecule has 0 bridgehead atoms. The minimum Gasteiger partial charge on any atom is -0.348 e. The third-order valence-corrected chi connectivity index (χ3v) is 17.0. The van der Waals surface area contributed by atoms with Crippen LogP contribution in [0, 0.1) is 0 Å². The molecule has 3 heteroatoms. The van der Waals surface area contributed by atoms with Crippen LogP contribution in [0.3, 0.4) is 0 Å². The third kappa shape index (κ3) is 1.42. The average molecular weight is 201 g/mol. The summed E-state index contributed by atoms with van der Waals surface area (Å²) < 4.78 is 2.88. The minimum absolute atomic E-state index is 0.925. The molecule has 1 nitrogen and oxygen atoms in total. The van der Waals surface area contributed by atoms with E-state index < -0.39 is 16.5 Å². The first-order valence-electron chi connectivity index (χ1n) is 5.22. The normalized spacial score (nSPS) is 43.8. The molecule has 0 aromatic carbocycles. The van der Waals surface area contributed by atoms with Crippen molar-refractivity contribution in [1.82, 2.24) is 4.23 Å². The quantitative estimate of drug-likeness (QED) is 0.621. The summed E-state index contributed by atoms with van der Waals surface area (Å²) in [6.45, 7) is 9.92. The van der Waals surface area contributed by atoms with Gasteiger partial charge in [-0.1, -0.05) is 26.9 Å². The highest BCUT2D eigenvalue weighted by Gasteiger charge is 2.48. The average Bonchev–Trinajstić information content (AvgIpc) is 2.32. The van der Waals surface area contributed by atoms with Crippen LogP contribution in [-0.2, 0) is 0 Å². The van der Waals surface area contributed by atoms with Crippen LogP contribution < -0.4 is 0 Å². The summed E-state index contributed by atoms with van der Waals surface area (Å²) in [5.41, 5.74) is 0. The molecule has 1 rings (SSSR count). The highest BCUT2D eigenvalue weighted by molar-refractivity contribution is 6.96. The Labute approximate surface area is 79.3 Å². The van der Waals surface area contributed by atoms with Gasteiger partial charge >= 0.3 is 0 Å². The van der Waals surface area contributed by atoms with E-state index in [1.807, 2.05) is 0 Å². The molecule has 1 saturated heterocycles. The molecule has 12 heavy (non-hydrogen) atoms. The molecule has 1 fully saturated rings. The largest absolute Gasteiger partial charge is 0.348 e. The second-order valence-corrected chi connectivity index (χ2v) is 15.0. The smallest absolute Gasteiger partial charge is 0.117 e. The van der Waals surface area contributed by atoms with Crippen molar-refractivity contribution in [1.29, 1.82) is 0 Å². The molecule has 2 atom stereocenters. The summed E-state index contributed by atoms with van der Waals surface area (Å²) in [5.74, 6) is 0. The van der Waals surface area contributed by atoms with Crippen molar-refractivity contribution in [3.63, 3.8) is 0 Å². The van der Waals surface area contributed by atoms with Gasteiger partial charge in [0.2, 0.25) is 0 Å². The zero-order valence-electron chi connectivity index (χ0n) is 9.28. The predicted octanol–water partition coefficient (Wildman–Crippen LogP) is 3.12. The molecule has 72 valence electrons. The van der Waals surface area contributed by atoms with Crippen LogP contribution in [-0.4, -0.2) is 27.7 Å². The van der Waals surface area contributed by atoms with Gasteiger partial charge in [-0.2, -0.15) is 0 Å². The lowest BCUT2D eigenvalue weighted by molar-refractivity contribution is 0.754. The van der Waals surface area contributed by atoms with Crippen molar-refractivity contribution in [2.75, 3.05) is 7.05 Å². The van der Waals surface area contributed by atoms with Crippen LogP contribution >= 0.6 is 0 Å². The number of hydrogen-bond donors (Lipinski definition) is 0. The minimum atomic E-state index is -0.925. The van der Waals surface area contributed by atoms with Gasteiger partial charge in [-0.3, -0.25) is 0 Å². The molecule has 0 saturated carbocycles. The van der Waals surface area contributed by atoms with Gasteiger partial charge in [0.25, 0.3) is 0 Å². The zero-order valence-corrected chi connectivity index (χ0v) is 11.3. The Bertz CT molecular complexity index is 156. The van der Waals surface area contributed by atoms with E-state index >= 15 is 0 Å². The molecule has 0 aliphatic carbocycles. The maximum Gasteiger partial charge on any atom is 0.117 e. The van der Waals surface area contributed by atoms with E-state index in [0.717, 1.165) is 0 Å². The van der Waals surface area contributed by atoms with Crippen LogP contribution in [0.2, 0.25) is 37.3 Å². The summed E-state index contributed by atoms with van der Waals surface area (Å²) in [5, 5.41) is 0. The van der Waals surface area contributed by atoms with Crippen LogP contribution in [0.5, 0.6) is 0 Å². The Balaban J connectivity index is 2.79. The second kappa shape index (κ2) is 3.27. The van der Waals surface area contributed by atoms with Crippen molar-refractivity contribution >= 4 is 16.5 Å². The fraction of sp³-hybridized carbons (Fsp3) is 1.00. The van der Waals surface area contributed by atoms with Crippen molar-refractivity contribution in [2.45, 2.75) is 51.1 Å². The van der Waals surface area contributed by atoms with Gasteiger partial charge in [-0.05, 0) is 31.2 Å². The Morgan fingerprint density at radius 3 is 1.50 bits per heavy atom.